The van der Waals surface area contributed by atoms with Crippen LogP contribution in [-0.4, -0.2) is 19.4 Å². The highest BCUT2D eigenvalue weighted by atomic mass is 79.9. The highest BCUT2D eigenvalue weighted by Crippen LogP contribution is 2.14. The van der Waals surface area contributed by atoms with Crippen LogP contribution in [0.3, 0.4) is 0 Å². The van der Waals surface area contributed by atoms with Crippen molar-refractivity contribution in [2.45, 2.75) is 19.5 Å². The van der Waals surface area contributed by atoms with Gasteiger partial charge in [0.2, 0.25) is 0 Å². The van der Waals surface area contributed by atoms with E-state index in [1.165, 1.54) is 5.56 Å². The number of imidazole rings is 1. The van der Waals surface area contributed by atoms with Crippen LogP contribution in [0.1, 0.15) is 24.2 Å². The van der Waals surface area contributed by atoms with E-state index < -0.39 is 0 Å². The molecule has 102 valence electrons. The molecule has 6 heteroatoms. The molecular formula is C14H14BrN5. The maximum Gasteiger partial charge on any atom is 0.155 e. The first-order chi connectivity index (χ1) is 9.74. The van der Waals surface area contributed by atoms with Gasteiger partial charge in [-0.2, -0.15) is 0 Å². The Balaban J connectivity index is 1.75. The summed E-state index contributed by atoms with van der Waals surface area (Å²) in [7, 11) is 0. The van der Waals surface area contributed by atoms with Crippen LogP contribution >= 0.6 is 15.9 Å². The predicted octanol–water partition coefficient (Wildman–Crippen LogP) is 2.74. The van der Waals surface area contributed by atoms with Crippen molar-refractivity contribution in [3.05, 3.63) is 59.0 Å². The van der Waals surface area contributed by atoms with Crippen LogP contribution in [0, 0.1) is 0 Å². The molecule has 0 saturated heterocycles. The zero-order valence-electron chi connectivity index (χ0n) is 11.0. The molecule has 5 nitrogen and oxygen atoms in total. The number of nitrogens with zero attached hydrogens (tertiary/aromatic N) is 4. The summed E-state index contributed by atoms with van der Waals surface area (Å²) in [6.07, 6.45) is 9.17. The minimum Gasteiger partial charge on any atom is -0.305 e. The summed E-state index contributed by atoms with van der Waals surface area (Å²) in [5.41, 5.74) is 3.17. The number of halogens is 1. The van der Waals surface area contributed by atoms with E-state index in [4.69, 9.17) is 0 Å². The van der Waals surface area contributed by atoms with E-state index in [1.54, 1.807) is 6.20 Å². The van der Waals surface area contributed by atoms with E-state index in [1.807, 2.05) is 41.3 Å². The minimum absolute atomic E-state index is 0.258. The van der Waals surface area contributed by atoms with E-state index >= 15 is 0 Å². The van der Waals surface area contributed by atoms with Crippen molar-refractivity contribution in [2.24, 2.45) is 0 Å². The van der Waals surface area contributed by atoms with Crippen LogP contribution in [0.15, 0.2) is 47.7 Å². The summed E-state index contributed by atoms with van der Waals surface area (Å²) < 4.78 is 2.83. The van der Waals surface area contributed by atoms with Crippen molar-refractivity contribution < 1.29 is 0 Å². The fraction of sp³-hybridized carbons (Fsp3) is 0.214. The lowest BCUT2D eigenvalue weighted by Gasteiger charge is -2.13. The zero-order chi connectivity index (χ0) is 13.9. The maximum atomic E-state index is 4.34. The van der Waals surface area contributed by atoms with Gasteiger partial charge in [-0.05, 0) is 40.5 Å². The molecule has 1 N–H and O–H groups in total. The summed E-state index contributed by atoms with van der Waals surface area (Å²) >= 11 is 3.38. The van der Waals surface area contributed by atoms with Gasteiger partial charge in [-0.3, -0.25) is 9.38 Å². The van der Waals surface area contributed by atoms with Gasteiger partial charge in [-0.15, -0.1) is 0 Å². The third kappa shape index (κ3) is 2.71. The van der Waals surface area contributed by atoms with Gasteiger partial charge in [0, 0.05) is 31.2 Å². The second-order valence-corrected chi connectivity index (χ2v) is 5.38. The summed E-state index contributed by atoms with van der Waals surface area (Å²) in [5.74, 6) is 0. The third-order valence-corrected chi connectivity index (χ3v) is 3.65. The van der Waals surface area contributed by atoms with Crippen LogP contribution in [0.5, 0.6) is 0 Å². The van der Waals surface area contributed by atoms with Gasteiger partial charge in [-0.1, -0.05) is 0 Å². The Morgan fingerprint density at radius 3 is 2.85 bits per heavy atom. The third-order valence-electron chi connectivity index (χ3n) is 3.24. The van der Waals surface area contributed by atoms with Crippen molar-refractivity contribution >= 4 is 21.6 Å². The van der Waals surface area contributed by atoms with Crippen molar-refractivity contribution in [2.75, 3.05) is 0 Å². The normalized spacial score (nSPS) is 12.7. The molecule has 0 aliphatic rings. The molecule has 0 aromatic carbocycles. The Bertz CT molecular complexity index is 710. The molecule has 1 atom stereocenters. The number of aromatic nitrogens is 4. The second-order valence-electron chi connectivity index (χ2n) is 4.57. The zero-order valence-corrected chi connectivity index (χ0v) is 12.6. The Kier molecular flexibility index (Phi) is 3.75. The SMILES string of the molecule is C[C@@H](NCc1cnc2cnc(Br)cn12)c1ccncc1. The largest absolute Gasteiger partial charge is 0.305 e. The van der Waals surface area contributed by atoms with Crippen LogP contribution in [0.4, 0.5) is 0 Å². The minimum atomic E-state index is 0.258. The van der Waals surface area contributed by atoms with E-state index in [9.17, 15) is 0 Å². The summed E-state index contributed by atoms with van der Waals surface area (Å²) in [6.45, 7) is 2.87. The lowest BCUT2D eigenvalue weighted by Crippen LogP contribution is -2.19. The first-order valence-electron chi connectivity index (χ1n) is 6.35. The van der Waals surface area contributed by atoms with Crippen molar-refractivity contribution in [1.82, 2.24) is 24.7 Å². The first-order valence-corrected chi connectivity index (χ1v) is 7.14. The second kappa shape index (κ2) is 5.68. The number of rotatable bonds is 4. The van der Waals surface area contributed by atoms with Crippen molar-refractivity contribution in [3.63, 3.8) is 0 Å². The smallest absolute Gasteiger partial charge is 0.155 e. The molecule has 0 bridgehead atoms. The Morgan fingerprint density at radius 2 is 2.05 bits per heavy atom. The number of pyridine rings is 1. The standard InChI is InChI=1S/C14H14BrN5/c1-10(11-2-4-16-5-3-11)17-6-12-7-19-14-8-18-13(15)9-20(12)14/h2-5,7-10,17H,6H2,1H3/t10-/m1/s1. The molecule has 0 saturated carbocycles. The molecule has 20 heavy (non-hydrogen) atoms. The van der Waals surface area contributed by atoms with Gasteiger partial charge < -0.3 is 5.32 Å². The van der Waals surface area contributed by atoms with Crippen molar-refractivity contribution in [3.8, 4) is 0 Å². The first kappa shape index (κ1) is 13.2. The van der Waals surface area contributed by atoms with Gasteiger partial charge in [0.15, 0.2) is 5.65 Å². The van der Waals surface area contributed by atoms with E-state index in [-0.39, 0.29) is 6.04 Å². The van der Waals surface area contributed by atoms with Crippen LogP contribution < -0.4 is 5.32 Å². The molecule has 0 amide bonds. The molecule has 0 aliphatic carbocycles. The van der Waals surface area contributed by atoms with E-state index in [2.05, 4.69) is 43.1 Å². The monoisotopic (exact) mass is 331 g/mol. The maximum absolute atomic E-state index is 4.34. The highest BCUT2D eigenvalue weighted by Gasteiger charge is 2.07. The molecule has 0 unspecified atom stereocenters. The lowest BCUT2D eigenvalue weighted by atomic mass is 10.1. The van der Waals surface area contributed by atoms with Gasteiger partial charge >= 0.3 is 0 Å². The Hall–Kier alpha value is -1.79. The topological polar surface area (TPSA) is 55.1 Å². The highest BCUT2D eigenvalue weighted by molar-refractivity contribution is 9.10. The number of nitrogens with one attached hydrogen (secondary N) is 1. The Morgan fingerprint density at radius 1 is 1.25 bits per heavy atom. The lowest BCUT2D eigenvalue weighted by molar-refractivity contribution is 0.565. The van der Waals surface area contributed by atoms with Gasteiger partial charge in [0.05, 0.1) is 18.1 Å². The fourth-order valence-electron chi connectivity index (χ4n) is 2.07. The molecule has 3 aromatic heterocycles. The fourth-order valence-corrected chi connectivity index (χ4v) is 2.38. The molecule has 0 radical (unpaired) electrons. The average molecular weight is 332 g/mol. The van der Waals surface area contributed by atoms with Crippen LogP contribution in [0.25, 0.3) is 5.65 Å². The summed E-state index contributed by atoms with van der Waals surface area (Å²) in [5, 5.41) is 3.49. The number of hydrogen-bond acceptors (Lipinski definition) is 4. The predicted molar refractivity (Wildman–Crippen MR) is 80.2 cm³/mol. The van der Waals surface area contributed by atoms with Crippen LogP contribution in [0.2, 0.25) is 0 Å². The number of hydrogen-bond donors (Lipinski definition) is 1. The van der Waals surface area contributed by atoms with E-state index in [0.29, 0.717) is 0 Å². The molecule has 0 fully saturated rings. The van der Waals surface area contributed by atoms with Gasteiger partial charge in [-0.25, -0.2) is 9.97 Å². The van der Waals surface area contributed by atoms with Crippen LogP contribution in [-0.2, 0) is 6.54 Å². The van der Waals surface area contributed by atoms with Crippen molar-refractivity contribution in [1.29, 1.82) is 0 Å². The Labute approximate surface area is 125 Å². The van der Waals surface area contributed by atoms with Gasteiger partial charge in [0.1, 0.15) is 4.60 Å². The van der Waals surface area contributed by atoms with E-state index in [0.717, 1.165) is 22.5 Å². The quantitative estimate of drug-likeness (QED) is 0.798. The van der Waals surface area contributed by atoms with Gasteiger partial charge in [0.25, 0.3) is 0 Å². The molecular weight excluding hydrogens is 318 g/mol. The average Bonchev–Trinajstić information content (AvgIpc) is 2.88. The summed E-state index contributed by atoms with van der Waals surface area (Å²) in [4.78, 5) is 12.5. The molecule has 3 heterocycles. The summed E-state index contributed by atoms with van der Waals surface area (Å²) in [6, 6.07) is 4.30. The molecule has 3 rings (SSSR count). The molecule has 3 aromatic rings. The molecule has 0 aliphatic heterocycles. The molecule has 0 spiro atoms. The number of fused-ring (bicyclic) bond motifs is 1.